The Morgan fingerprint density at radius 1 is 1.30 bits per heavy atom. The summed E-state index contributed by atoms with van der Waals surface area (Å²) in [7, 11) is 2.05. The molecule has 1 aromatic heterocycles. The van der Waals surface area contributed by atoms with Crippen LogP contribution in [0.5, 0.6) is 0 Å². The largest absolute Gasteiger partial charge is 0.457 e. The van der Waals surface area contributed by atoms with Crippen molar-refractivity contribution in [3.8, 4) is 0 Å². The molecule has 0 saturated heterocycles. The van der Waals surface area contributed by atoms with Gasteiger partial charge in [0.2, 0.25) is 0 Å². The number of para-hydroxylation sites is 1. The number of halogens is 1. The van der Waals surface area contributed by atoms with Gasteiger partial charge >= 0.3 is 0 Å². The van der Waals surface area contributed by atoms with Crippen molar-refractivity contribution in [2.75, 3.05) is 25.0 Å². The minimum atomic E-state index is -0.118. The first-order valence-electron chi connectivity index (χ1n) is 6.46. The Morgan fingerprint density at radius 2 is 2.05 bits per heavy atom. The Balaban J connectivity index is 1.72. The van der Waals surface area contributed by atoms with Crippen LogP contribution in [0.15, 0.2) is 51.7 Å². The molecule has 2 aromatic rings. The molecule has 5 heteroatoms. The molecule has 0 saturated carbocycles. The highest BCUT2D eigenvalue weighted by atomic mass is 79.9. The van der Waals surface area contributed by atoms with E-state index in [1.807, 2.05) is 25.2 Å². The molecule has 1 heterocycles. The number of rotatable bonds is 6. The number of nitrogens with one attached hydrogen (secondary N) is 1. The fraction of sp³-hybridized carbons (Fsp3) is 0.267. The number of hydrogen-bond donors (Lipinski definition) is 1. The van der Waals surface area contributed by atoms with E-state index in [1.165, 1.54) is 12.0 Å². The Morgan fingerprint density at radius 3 is 2.70 bits per heavy atom. The van der Waals surface area contributed by atoms with E-state index >= 15 is 0 Å². The fourth-order valence-electron chi connectivity index (χ4n) is 1.88. The van der Waals surface area contributed by atoms with Crippen LogP contribution in [0.4, 0.5) is 5.69 Å². The SMILES string of the molecule is CN(CCCNC(=O)c1ccoc1Br)c1ccccc1. The van der Waals surface area contributed by atoms with Gasteiger partial charge in [-0.25, -0.2) is 0 Å². The van der Waals surface area contributed by atoms with Gasteiger partial charge in [0.05, 0.1) is 11.8 Å². The van der Waals surface area contributed by atoms with Gasteiger partial charge in [-0.1, -0.05) is 18.2 Å². The first kappa shape index (κ1) is 14.7. The summed E-state index contributed by atoms with van der Waals surface area (Å²) in [5.74, 6) is -0.118. The zero-order valence-electron chi connectivity index (χ0n) is 11.3. The highest BCUT2D eigenvalue weighted by molar-refractivity contribution is 9.10. The molecule has 1 N–H and O–H groups in total. The monoisotopic (exact) mass is 336 g/mol. The first-order chi connectivity index (χ1) is 9.68. The van der Waals surface area contributed by atoms with Crippen molar-refractivity contribution in [1.29, 1.82) is 0 Å². The van der Waals surface area contributed by atoms with Gasteiger partial charge in [0.15, 0.2) is 4.67 Å². The van der Waals surface area contributed by atoms with E-state index in [-0.39, 0.29) is 5.91 Å². The van der Waals surface area contributed by atoms with Crippen LogP contribution >= 0.6 is 15.9 Å². The Kier molecular flexibility index (Phi) is 5.24. The Hall–Kier alpha value is -1.75. The predicted molar refractivity (Wildman–Crippen MR) is 83.1 cm³/mol. The quantitative estimate of drug-likeness (QED) is 0.823. The summed E-state index contributed by atoms with van der Waals surface area (Å²) in [5.41, 5.74) is 1.71. The molecular formula is C15H17BrN2O2. The Labute approximate surface area is 126 Å². The molecule has 0 atom stereocenters. The van der Waals surface area contributed by atoms with E-state index in [0.717, 1.165) is 13.0 Å². The van der Waals surface area contributed by atoms with Gasteiger partial charge in [0.25, 0.3) is 5.91 Å². The maximum atomic E-state index is 11.8. The lowest BCUT2D eigenvalue weighted by Gasteiger charge is -2.19. The van der Waals surface area contributed by atoms with Crippen LogP contribution in [-0.2, 0) is 0 Å². The number of furan rings is 1. The summed E-state index contributed by atoms with van der Waals surface area (Å²) >= 11 is 3.19. The minimum Gasteiger partial charge on any atom is -0.457 e. The third kappa shape index (κ3) is 3.87. The summed E-state index contributed by atoms with van der Waals surface area (Å²) in [4.78, 5) is 14.0. The minimum absolute atomic E-state index is 0.118. The van der Waals surface area contributed by atoms with Crippen LogP contribution in [-0.4, -0.2) is 26.0 Å². The summed E-state index contributed by atoms with van der Waals surface area (Å²) in [6.07, 6.45) is 2.37. The average Bonchev–Trinajstić information content (AvgIpc) is 2.90. The molecule has 1 aromatic carbocycles. The summed E-state index contributed by atoms with van der Waals surface area (Å²) in [5, 5.41) is 2.88. The molecule has 0 aliphatic rings. The lowest BCUT2D eigenvalue weighted by Crippen LogP contribution is -2.28. The van der Waals surface area contributed by atoms with Crippen LogP contribution in [0.2, 0.25) is 0 Å². The molecule has 0 bridgehead atoms. The van der Waals surface area contributed by atoms with Crippen LogP contribution < -0.4 is 10.2 Å². The van der Waals surface area contributed by atoms with Crippen molar-refractivity contribution in [2.45, 2.75) is 6.42 Å². The summed E-state index contributed by atoms with van der Waals surface area (Å²) in [6.45, 7) is 1.52. The van der Waals surface area contributed by atoms with Crippen LogP contribution in [0.25, 0.3) is 0 Å². The molecule has 1 amide bonds. The molecule has 2 rings (SSSR count). The maximum absolute atomic E-state index is 11.8. The molecule has 106 valence electrons. The second-order valence-electron chi connectivity index (χ2n) is 4.47. The van der Waals surface area contributed by atoms with Crippen LogP contribution in [0, 0.1) is 0 Å². The number of carbonyl (C=O) groups excluding carboxylic acids is 1. The van der Waals surface area contributed by atoms with Crippen molar-refractivity contribution in [3.05, 3.63) is 52.9 Å². The topological polar surface area (TPSA) is 45.5 Å². The van der Waals surface area contributed by atoms with E-state index < -0.39 is 0 Å². The smallest absolute Gasteiger partial charge is 0.255 e. The second-order valence-corrected chi connectivity index (χ2v) is 5.19. The van der Waals surface area contributed by atoms with E-state index in [2.05, 4.69) is 38.3 Å². The third-order valence-corrected chi connectivity index (χ3v) is 3.63. The molecule has 0 radical (unpaired) electrons. The highest BCUT2D eigenvalue weighted by Gasteiger charge is 2.11. The number of nitrogens with zero attached hydrogens (tertiary/aromatic N) is 1. The van der Waals surface area contributed by atoms with Crippen molar-refractivity contribution >= 4 is 27.5 Å². The normalized spacial score (nSPS) is 10.3. The van der Waals surface area contributed by atoms with Gasteiger partial charge in [-0.3, -0.25) is 4.79 Å². The van der Waals surface area contributed by atoms with Gasteiger partial charge in [-0.05, 0) is 40.5 Å². The molecule has 20 heavy (non-hydrogen) atoms. The van der Waals surface area contributed by atoms with E-state index in [9.17, 15) is 4.79 Å². The van der Waals surface area contributed by atoms with Crippen molar-refractivity contribution < 1.29 is 9.21 Å². The molecule has 0 fully saturated rings. The lowest BCUT2D eigenvalue weighted by molar-refractivity contribution is 0.0951. The summed E-state index contributed by atoms with van der Waals surface area (Å²) in [6, 6.07) is 11.8. The highest BCUT2D eigenvalue weighted by Crippen LogP contribution is 2.17. The van der Waals surface area contributed by atoms with E-state index in [0.29, 0.717) is 16.8 Å². The Bertz CT molecular complexity index is 554. The third-order valence-electron chi connectivity index (χ3n) is 3.02. The summed E-state index contributed by atoms with van der Waals surface area (Å²) < 4.78 is 5.50. The predicted octanol–water partition coefficient (Wildman–Crippen LogP) is 3.30. The van der Waals surface area contributed by atoms with Crippen molar-refractivity contribution in [1.82, 2.24) is 5.32 Å². The zero-order chi connectivity index (χ0) is 14.4. The number of carbonyl (C=O) groups is 1. The molecule has 0 aliphatic heterocycles. The fourth-order valence-corrected chi connectivity index (χ4v) is 2.30. The van der Waals surface area contributed by atoms with Crippen LogP contribution in [0.3, 0.4) is 0 Å². The number of anilines is 1. The van der Waals surface area contributed by atoms with Gasteiger partial charge in [-0.2, -0.15) is 0 Å². The van der Waals surface area contributed by atoms with Crippen molar-refractivity contribution in [3.63, 3.8) is 0 Å². The lowest BCUT2D eigenvalue weighted by atomic mass is 10.2. The zero-order valence-corrected chi connectivity index (χ0v) is 12.9. The van der Waals surface area contributed by atoms with Gasteiger partial charge in [-0.15, -0.1) is 0 Å². The van der Waals surface area contributed by atoms with Gasteiger partial charge < -0.3 is 14.6 Å². The standard InChI is InChI=1S/C15H17BrN2O2/c1-18(12-6-3-2-4-7-12)10-5-9-17-15(19)13-8-11-20-14(13)16/h2-4,6-8,11H,5,9-10H2,1H3,(H,17,19). The molecule has 0 unspecified atom stereocenters. The number of benzene rings is 1. The second kappa shape index (κ2) is 7.14. The van der Waals surface area contributed by atoms with E-state index in [1.54, 1.807) is 6.07 Å². The number of hydrogen-bond acceptors (Lipinski definition) is 3. The van der Waals surface area contributed by atoms with Gasteiger partial charge in [0, 0.05) is 25.8 Å². The van der Waals surface area contributed by atoms with E-state index in [4.69, 9.17) is 4.42 Å². The first-order valence-corrected chi connectivity index (χ1v) is 7.25. The molecule has 4 nitrogen and oxygen atoms in total. The average molecular weight is 337 g/mol. The van der Waals surface area contributed by atoms with Crippen molar-refractivity contribution in [2.24, 2.45) is 0 Å². The number of amides is 1. The molecule has 0 spiro atoms. The van der Waals surface area contributed by atoms with Gasteiger partial charge in [0.1, 0.15) is 0 Å². The maximum Gasteiger partial charge on any atom is 0.255 e. The molecule has 0 aliphatic carbocycles. The molecular weight excluding hydrogens is 320 g/mol. The van der Waals surface area contributed by atoms with Crippen LogP contribution in [0.1, 0.15) is 16.8 Å².